The summed E-state index contributed by atoms with van der Waals surface area (Å²) < 4.78 is 22.6. The SMILES string of the molecule is CC/C=C\C/C=C\C/C=C\C/C=C\C/C=C\CCCCCCCCCCCCCCCCCCCCCCCCCC(=O)NC(COC1OC(CO)C(OC2OC(CO)C(O)C(O)C2O)C(O)C1O)C(O)/C=C/CCCCC. The third kappa shape index (κ3) is 34.0. The van der Waals surface area contributed by atoms with Gasteiger partial charge in [-0.25, -0.2) is 0 Å². The van der Waals surface area contributed by atoms with Gasteiger partial charge < -0.3 is 65.1 Å². The minimum Gasteiger partial charge on any atom is -0.394 e. The molecule has 12 atom stereocenters. The molecule has 78 heavy (non-hydrogen) atoms. The first-order valence-corrected chi connectivity index (χ1v) is 31.2. The maximum absolute atomic E-state index is 13.1. The Morgan fingerprint density at radius 1 is 0.474 bits per heavy atom. The zero-order valence-electron chi connectivity index (χ0n) is 48.6. The van der Waals surface area contributed by atoms with Crippen LogP contribution in [0.5, 0.6) is 0 Å². The van der Waals surface area contributed by atoms with Crippen LogP contribution in [0.1, 0.15) is 232 Å². The molecule has 0 aliphatic carbocycles. The lowest BCUT2D eigenvalue weighted by atomic mass is 9.97. The molecule has 452 valence electrons. The highest BCUT2D eigenvalue weighted by Crippen LogP contribution is 2.30. The van der Waals surface area contributed by atoms with Crippen LogP contribution in [0.4, 0.5) is 0 Å². The van der Waals surface area contributed by atoms with Crippen LogP contribution in [0.2, 0.25) is 0 Å². The predicted molar refractivity (Wildman–Crippen MR) is 313 cm³/mol. The van der Waals surface area contributed by atoms with Gasteiger partial charge in [0, 0.05) is 6.42 Å². The van der Waals surface area contributed by atoms with Gasteiger partial charge in [0.1, 0.15) is 48.8 Å². The number of ether oxygens (including phenoxy) is 4. The molecule has 0 saturated carbocycles. The zero-order chi connectivity index (χ0) is 56.7. The van der Waals surface area contributed by atoms with E-state index >= 15 is 0 Å². The second kappa shape index (κ2) is 49.1. The average molecular weight is 1100 g/mol. The van der Waals surface area contributed by atoms with Crippen molar-refractivity contribution in [1.29, 1.82) is 0 Å². The zero-order valence-corrected chi connectivity index (χ0v) is 48.6. The third-order valence-electron chi connectivity index (χ3n) is 14.9. The highest BCUT2D eigenvalue weighted by molar-refractivity contribution is 5.76. The Morgan fingerprint density at radius 3 is 1.36 bits per heavy atom. The minimum absolute atomic E-state index is 0.245. The van der Waals surface area contributed by atoms with Gasteiger partial charge in [-0.3, -0.25) is 4.79 Å². The van der Waals surface area contributed by atoms with E-state index < -0.39 is 86.8 Å². The van der Waals surface area contributed by atoms with Gasteiger partial charge in [-0.15, -0.1) is 0 Å². The van der Waals surface area contributed by atoms with Crippen LogP contribution in [-0.4, -0.2) is 140 Å². The van der Waals surface area contributed by atoms with E-state index in [-0.39, 0.29) is 18.9 Å². The standard InChI is InChI=1S/C64H113NO13/c1-3-5-7-9-10-11-12-13-14-15-16-17-18-19-20-21-22-23-24-25-26-27-28-29-30-31-32-33-34-35-36-37-38-39-40-41-42-44-46-48-56(69)65-52(53(68)47-45-43-8-6-4-2)51-75-63-61(74)59(72)62(55(50-67)77-63)78-64-60(73)58(71)57(70)54(49-66)76-64/h5,7,10-11,13-14,16-17,19-20,45,47,52-55,57-64,66-68,70-74H,3-4,6,8-9,12,15,18,21-44,46,48-51H2,1-2H3,(H,65,69)/b7-5-,11-10-,14-13-,17-16-,20-19-,47-45+. The first-order chi connectivity index (χ1) is 38.1. The fourth-order valence-corrected chi connectivity index (χ4v) is 9.91. The number of rotatable bonds is 49. The summed E-state index contributed by atoms with van der Waals surface area (Å²) in [6.45, 7) is 2.55. The molecule has 0 aromatic rings. The number of nitrogens with one attached hydrogen (secondary N) is 1. The van der Waals surface area contributed by atoms with Crippen molar-refractivity contribution < 1.29 is 64.6 Å². The van der Waals surface area contributed by atoms with Crippen molar-refractivity contribution in [2.75, 3.05) is 19.8 Å². The number of allylic oxidation sites excluding steroid dienone is 11. The number of aliphatic hydroxyl groups is 8. The Hall–Kier alpha value is -2.57. The van der Waals surface area contributed by atoms with E-state index in [4.69, 9.17) is 18.9 Å². The smallest absolute Gasteiger partial charge is 0.220 e. The summed E-state index contributed by atoms with van der Waals surface area (Å²) in [6, 6.07) is -0.910. The summed E-state index contributed by atoms with van der Waals surface area (Å²) >= 11 is 0. The van der Waals surface area contributed by atoms with Crippen LogP contribution in [0.15, 0.2) is 72.9 Å². The van der Waals surface area contributed by atoms with Crippen molar-refractivity contribution in [2.24, 2.45) is 0 Å². The lowest BCUT2D eigenvalue weighted by Gasteiger charge is -2.46. The van der Waals surface area contributed by atoms with Crippen molar-refractivity contribution in [3.8, 4) is 0 Å². The van der Waals surface area contributed by atoms with Crippen LogP contribution in [0.25, 0.3) is 0 Å². The highest BCUT2D eigenvalue weighted by atomic mass is 16.7. The van der Waals surface area contributed by atoms with E-state index in [0.717, 1.165) is 77.0 Å². The van der Waals surface area contributed by atoms with E-state index in [2.05, 4.69) is 79.9 Å². The lowest BCUT2D eigenvalue weighted by molar-refractivity contribution is -0.359. The number of amides is 1. The van der Waals surface area contributed by atoms with Crippen molar-refractivity contribution in [1.82, 2.24) is 5.32 Å². The third-order valence-corrected chi connectivity index (χ3v) is 14.9. The molecule has 1 amide bonds. The molecule has 2 saturated heterocycles. The van der Waals surface area contributed by atoms with Crippen LogP contribution in [-0.2, 0) is 23.7 Å². The number of carbonyl (C=O) groups excluding carboxylic acids is 1. The fourth-order valence-electron chi connectivity index (χ4n) is 9.91. The molecule has 2 rings (SSSR count). The van der Waals surface area contributed by atoms with Gasteiger partial charge in [0.2, 0.25) is 5.91 Å². The van der Waals surface area contributed by atoms with Crippen molar-refractivity contribution >= 4 is 5.91 Å². The maximum atomic E-state index is 13.1. The van der Waals surface area contributed by atoms with Crippen LogP contribution >= 0.6 is 0 Å². The van der Waals surface area contributed by atoms with Crippen molar-refractivity contribution in [3.05, 3.63) is 72.9 Å². The van der Waals surface area contributed by atoms with E-state index in [1.54, 1.807) is 6.08 Å². The van der Waals surface area contributed by atoms with E-state index in [9.17, 15) is 45.6 Å². The molecular weight excluding hydrogens is 991 g/mol. The molecule has 0 aromatic heterocycles. The van der Waals surface area contributed by atoms with Crippen LogP contribution < -0.4 is 5.32 Å². The molecule has 0 spiro atoms. The molecule has 0 aromatic carbocycles. The second-order valence-corrected chi connectivity index (χ2v) is 21.8. The van der Waals surface area contributed by atoms with Gasteiger partial charge in [-0.05, 0) is 64.2 Å². The predicted octanol–water partition coefficient (Wildman–Crippen LogP) is 11.1. The highest BCUT2D eigenvalue weighted by Gasteiger charge is 2.51. The summed E-state index contributed by atoms with van der Waals surface area (Å²) in [5, 5.41) is 86.4. The molecule has 0 radical (unpaired) electrons. The van der Waals surface area contributed by atoms with Gasteiger partial charge in [0.25, 0.3) is 0 Å². The molecule has 12 unspecified atom stereocenters. The Balaban J connectivity index is 1.47. The van der Waals surface area contributed by atoms with Crippen LogP contribution in [0, 0.1) is 0 Å². The first-order valence-electron chi connectivity index (χ1n) is 31.2. The van der Waals surface area contributed by atoms with Gasteiger partial charge in [0.15, 0.2) is 12.6 Å². The molecule has 0 bridgehead atoms. The number of hydrogen-bond acceptors (Lipinski definition) is 13. The minimum atomic E-state index is -1.79. The van der Waals surface area contributed by atoms with E-state index in [0.29, 0.717) is 6.42 Å². The fraction of sp³-hybridized carbons (Fsp3) is 0.797. The van der Waals surface area contributed by atoms with Gasteiger partial charge in [0.05, 0.1) is 32.0 Å². The topological polar surface area (TPSA) is 228 Å². The summed E-state index contributed by atoms with van der Waals surface area (Å²) in [7, 11) is 0. The Labute approximate surface area is 472 Å². The molecule has 14 nitrogen and oxygen atoms in total. The Kier molecular flexibility index (Phi) is 45.0. The molecule has 9 N–H and O–H groups in total. The van der Waals surface area contributed by atoms with Crippen LogP contribution in [0.3, 0.4) is 0 Å². The largest absolute Gasteiger partial charge is 0.394 e. The van der Waals surface area contributed by atoms with E-state index in [1.807, 2.05) is 6.08 Å². The maximum Gasteiger partial charge on any atom is 0.220 e. The number of unbranched alkanes of at least 4 members (excludes halogenated alkanes) is 26. The normalized spacial score (nSPS) is 25.1. The number of aliphatic hydroxyl groups excluding tert-OH is 8. The van der Waals surface area contributed by atoms with Crippen molar-refractivity contribution in [3.63, 3.8) is 0 Å². The Morgan fingerprint density at radius 2 is 0.885 bits per heavy atom. The van der Waals surface area contributed by atoms with E-state index in [1.165, 1.54) is 128 Å². The monoisotopic (exact) mass is 1100 g/mol. The quantitative estimate of drug-likeness (QED) is 0.0204. The molecule has 2 heterocycles. The van der Waals surface area contributed by atoms with Crippen molar-refractivity contribution in [2.45, 2.75) is 306 Å². The van der Waals surface area contributed by atoms with Gasteiger partial charge in [-0.2, -0.15) is 0 Å². The molecule has 14 heteroatoms. The molecule has 2 aliphatic heterocycles. The molecule has 2 fully saturated rings. The average Bonchev–Trinajstić information content (AvgIpc) is 3.47. The molecular formula is C64H113NO13. The van der Waals surface area contributed by atoms with Gasteiger partial charge in [-0.1, -0.05) is 234 Å². The second-order valence-electron chi connectivity index (χ2n) is 21.8. The number of hydrogen-bond donors (Lipinski definition) is 9. The van der Waals surface area contributed by atoms with Gasteiger partial charge >= 0.3 is 0 Å². The number of carbonyl (C=O) groups is 1. The summed E-state index contributed by atoms with van der Waals surface area (Å²) in [4.78, 5) is 13.1. The molecule has 2 aliphatic rings. The lowest BCUT2D eigenvalue weighted by Crippen LogP contribution is -2.65. The summed E-state index contributed by atoms with van der Waals surface area (Å²) in [5.41, 5.74) is 0. The summed E-state index contributed by atoms with van der Waals surface area (Å²) in [5.74, 6) is -0.245. The summed E-state index contributed by atoms with van der Waals surface area (Å²) in [6.07, 6.45) is 49.2. The first kappa shape index (κ1) is 71.5. The Bertz CT molecular complexity index is 1580.